The zero-order chi connectivity index (χ0) is 24.6. The molecule has 0 spiro atoms. The monoisotopic (exact) mass is 471 g/mol. The first-order chi connectivity index (χ1) is 16.9. The van der Waals surface area contributed by atoms with E-state index in [0.29, 0.717) is 12.8 Å². The van der Waals surface area contributed by atoms with Crippen LogP contribution in [0.15, 0.2) is 78.9 Å². The molecule has 2 aliphatic rings. The topological polar surface area (TPSA) is 88.2 Å². The van der Waals surface area contributed by atoms with Crippen LogP contribution in [0.3, 0.4) is 0 Å². The molecule has 6 heteroatoms. The number of rotatable bonds is 8. The smallest absolute Gasteiger partial charge is 0.407 e. The van der Waals surface area contributed by atoms with Gasteiger partial charge in [0, 0.05) is 5.92 Å². The van der Waals surface area contributed by atoms with Gasteiger partial charge >= 0.3 is 12.1 Å². The molecule has 3 atom stereocenters. The van der Waals surface area contributed by atoms with Gasteiger partial charge in [0.1, 0.15) is 12.2 Å². The molecular weight excluding hydrogens is 442 g/mol. The van der Waals surface area contributed by atoms with E-state index in [2.05, 4.69) is 29.6 Å². The first-order valence-electron chi connectivity index (χ1n) is 12.0. The van der Waals surface area contributed by atoms with E-state index in [4.69, 9.17) is 9.47 Å². The van der Waals surface area contributed by atoms with E-state index in [-0.39, 0.29) is 12.5 Å². The number of nitrogens with one attached hydrogen (secondary N) is 1. The summed E-state index contributed by atoms with van der Waals surface area (Å²) >= 11 is 0. The van der Waals surface area contributed by atoms with Gasteiger partial charge in [0.15, 0.2) is 5.60 Å². The highest BCUT2D eigenvalue weighted by atomic mass is 16.7. The minimum Gasteiger partial charge on any atom is -0.479 e. The zero-order valence-corrected chi connectivity index (χ0v) is 19.9. The first-order valence-corrected chi connectivity index (χ1v) is 12.0. The summed E-state index contributed by atoms with van der Waals surface area (Å²) in [6.07, 6.45) is 0.294. The summed E-state index contributed by atoms with van der Waals surface area (Å²) in [5, 5.41) is 12.7. The van der Waals surface area contributed by atoms with E-state index in [1.54, 1.807) is 6.92 Å². The van der Waals surface area contributed by atoms with Crippen molar-refractivity contribution in [2.75, 3.05) is 6.61 Å². The number of amides is 1. The molecule has 1 saturated heterocycles. The summed E-state index contributed by atoms with van der Waals surface area (Å²) in [6.45, 7) is 3.63. The van der Waals surface area contributed by atoms with Crippen molar-refractivity contribution in [3.05, 3.63) is 95.6 Å². The lowest BCUT2D eigenvalue weighted by Crippen LogP contribution is -2.51. The molecule has 0 saturated carbocycles. The molecule has 1 fully saturated rings. The van der Waals surface area contributed by atoms with E-state index in [1.807, 2.05) is 61.5 Å². The Bertz CT molecular complexity index is 1210. The third-order valence-corrected chi connectivity index (χ3v) is 7.57. The van der Waals surface area contributed by atoms with E-state index >= 15 is 0 Å². The van der Waals surface area contributed by atoms with Crippen LogP contribution in [0.1, 0.15) is 42.9 Å². The van der Waals surface area contributed by atoms with Crippen LogP contribution in [0, 0.1) is 0 Å². The fourth-order valence-electron chi connectivity index (χ4n) is 5.59. The van der Waals surface area contributed by atoms with Crippen LogP contribution >= 0.6 is 0 Å². The molecular formula is C29H29NO5. The standard InChI is InChI=1S/C29H29NO5/c1-3-29(28(2,35-29)26(31)32)25(17-19-11-5-4-6-12-19)30-27(33)34-18-24-22-15-9-7-13-20(22)21-14-8-10-16-23(21)24/h4-16,24-25H,3,17-18H2,1-2H3,(H,30,33)(H,31,32)/t25?,28-,29?/m1/s1. The Morgan fingerprint density at radius 3 is 2.09 bits per heavy atom. The Kier molecular flexibility index (Phi) is 5.85. The van der Waals surface area contributed by atoms with Gasteiger partial charge in [-0.1, -0.05) is 85.8 Å². The predicted octanol–water partition coefficient (Wildman–Crippen LogP) is 5.16. The second-order valence-corrected chi connectivity index (χ2v) is 9.40. The van der Waals surface area contributed by atoms with Crippen LogP contribution in [-0.4, -0.2) is 41.0 Å². The van der Waals surface area contributed by atoms with Gasteiger partial charge in [0.25, 0.3) is 0 Å². The number of fused-ring (bicyclic) bond motifs is 3. The highest BCUT2D eigenvalue weighted by Gasteiger charge is 2.74. The van der Waals surface area contributed by atoms with Gasteiger partial charge in [-0.15, -0.1) is 0 Å². The third-order valence-electron chi connectivity index (χ3n) is 7.57. The fourth-order valence-corrected chi connectivity index (χ4v) is 5.59. The van der Waals surface area contributed by atoms with Crippen molar-refractivity contribution in [1.82, 2.24) is 5.32 Å². The number of carboxylic acid groups (broad SMARTS) is 1. The summed E-state index contributed by atoms with van der Waals surface area (Å²) in [7, 11) is 0. The van der Waals surface area contributed by atoms with E-state index in [1.165, 1.54) is 0 Å². The zero-order valence-electron chi connectivity index (χ0n) is 19.9. The Morgan fingerprint density at radius 1 is 0.971 bits per heavy atom. The second-order valence-electron chi connectivity index (χ2n) is 9.40. The highest BCUT2D eigenvalue weighted by Crippen LogP contribution is 2.53. The maximum absolute atomic E-state index is 13.1. The predicted molar refractivity (Wildman–Crippen MR) is 132 cm³/mol. The van der Waals surface area contributed by atoms with Crippen molar-refractivity contribution in [1.29, 1.82) is 0 Å². The van der Waals surface area contributed by atoms with Gasteiger partial charge in [0.2, 0.25) is 0 Å². The largest absolute Gasteiger partial charge is 0.479 e. The quantitative estimate of drug-likeness (QED) is 0.443. The molecule has 0 bridgehead atoms. The maximum atomic E-state index is 13.1. The molecule has 180 valence electrons. The van der Waals surface area contributed by atoms with E-state index in [0.717, 1.165) is 27.8 Å². The van der Waals surface area contributed by atoms with Gasteiger partial charge < -0.3 is 19.9 Å². The minimum atomic E-state index is -1.36. The van der Waals surface area contributed by atoms with Crippen LogP contribution in [0.4, 0.5) is 4.79 Å². The lowest BCUT2D eigenvalue weighted by atomic mass is 9.82. The van der Waals surface area contributed by atoms with Crippen LogP contribution in [-0.2, 0) is 20.7 Å². The van der Waals surface area contributed by atoms with Gasteiger partial charge in [-0.2, -0.15) is 0 Å². The molecule has 3 aromatic carbocycles. The number of benzene rings is 3. The molecule has 35 heavy (non-hydrogen) atoms. The van der Waals surface area contributed by atoms with E-state index in [9.17, 15) is 14.7 Å². The summed E-state index contributed by atoms with van der Waals surface area (Å²) in [6, 6.07) is 25.4. The summed E-state index contributed by atoms with van der Waals surface area (Å²) in [4.78, 5) is 25.0. The molecule has 1 aliphatic carbocycles. The minimum absolute atomic E-state index is 0.0534. The number of epoxide rings is 1. The molecule has 0 radical (unpaired) electrons. The summed E-state index contributed by atoms with van der Waals surface area (Å²) in [5.41, 5.74) is 3.19. The molecule has 1 heterocycles. The van der Waals surface area contributed by atoms with Gasteiger partial charge in [-0.25, -0.2) is 9.59 Å². The van der Waals surface area contributed by atoms with Crippen molar-refractivity contribution < 1.29 is 24.2 Å². The highest BCUT2D eigenvalue weighted by molar-refractivity contribution is 5.83. The van der Waals surface area contributed by atoms with Crippen LogP contribution in [0.5, 0.6) is 0 Å². The van der Waals surface area contributed by atoms with Crippen molar-refractivity contribution in [2.24, 2.45) is 0 Å². The lowest BCUT2D eigenvalue weighted by molar-refractivity contribution is -0.142. The number of hydrogen-bond donors (Lipinski definition) is 2. The number of aliphatic carboxylic acids is 1. The fraction of sp³-hybridized carbons (Fsp3) is 0.310. The molecule has 2 unspecified atom stereocenters. The number of carbonyl (C=O) groups excluding carboxylic acids is 1. The Morgan fingerprint density at radius 2 is 1.54 bits per heavy atom. The van der Waals surface area contributed by atoms with Gasteiger partial charge in [0.05, 0.1) is 6.04 Å². The number of ether oxygens (including phenoxy) is 2. The van der Waals surface area contributed by atoms with Gasteiger partial charge in [-0.3, -0.25) is 0 Å². The molecule has 6 nitrogen and oxygen atoms in total. The SMILES string of the molecule is CCC1(C(Cc2ccccc2)NC(=O)OCC2c3ccccc3-c3ccccc32)O[C@]1(C)C(=O)O. The Balaban J connectivity index is 1.34. The van der Waals surface area contributed by atoms with Crippen molar-refractivity contribution >= 4 is 12.1 Å². The van der Waals surface area contributed by atoms with Crippen molar-refractivity contribution in [2.45, 2.75) is 49.9 Å². The average molecular weight is 472 g/mol. The Hall–Kier alpha value is -3.64. The number of carboxylic acids is 1. The number of hydrogen-bond acceptors (Lipinski definition) is 4. The van der Waals surface area contributed by atoms with Crippen LogP contribution in [0.2, 0.25) is 0 Å². The van der Waals surface area contributed by atoms with Crippen molar-refractivity contribution in [3.63, 3.8) is 0 Å². The summed E-state index contributed by atoms with van der Waals surface area (Å²) < 4.78 is 11.6. The normalized spacial score (nSPS) is 23.1. The lowest BCUT2D eigenvalue weighted by Gasteiger charge is -2.26. The summed E-state index contributed by atoms with van der Waals surface area (Å²) in [5.74, 6) is -1.09. The molecule has 5 rings (SSSR count). The molecule has 1 amide bonds. The molecule has 1 aliphatic heterocycles. The van der Waals surface area contributed by atoms with Crippen LogP contribution in [0.25, 0.3) is 11.1 Å². The molecule has 3 aromatic rings. The number of alkyl carbamates (subject to hydrolysis) is 1. The molecule has 2 N–H and O–H groups in total. The third kappa shape index (κ3) is 3.88. The van der Waals surface area contributed by atoms with Crippen molar-refractivity contribution in [3.8, 4) is 11.1 Å². The van der Waals surface area contributed by atoms with E-state index < -0.39 is 29.3 Å². The average Bonchev–Trinajstić information content (AvgIpc) is 3.40. The first kappa shape index (κ1) is 23.1. The number of carbonyl (C=O) groups is 2. The maximum Gasteiger partial charge on any atom is 0.407 e. The second kappa shape index (κ2) is 8.86. The molecule has 0 aromatic heterocycles. The van der Waals surface area contributed by atoms with Gasteiger partial charge in [-0.05, 0) is 47.6 Å². The van der Waals surface area contributed by atoms with Crippen LogP contribution < -0.4 is 5.32 Å². The Labute approximate surface area is 204 Å².